The van der Waals surface area contributed by atoms with Crippen molar-refractivity contribution in [3.05, 3.63) is 0 Å². The van der Waals surface area contributed by atoms with Crippen LogP contribution >= 0.6 is 0 Å². The lowest BCUT2D eigenvalue weighted by molar-refractivity contribution is -0.308. The van der Waals surface area contributed by atoms with Crippen LogP contribution in [0, 0.1) is 5.92 Å². The molecule has 1 unspecified atom stereocenters. The molecule has 104 valence electrons. The van der Waals surface area contributed by atoms with Gasteiger partial charge < -0.3 is 5.11 Å². The lowest BCUT2D eigenvalue weighted by Gasteiger charge is -2.27. The van der Waals surface area contributed by atoms with E-state index in [1.165, 1.54) is 0 Å². The molecule has 1 atom stereocenters. The van der Waals surface area contributed by atoms with Gasteiger partial charge in [-0.15, -0.1) is 0 Å². The summed E-state index contributed by atoms with van der Waals surface area (Å²) in [5.74, 6) is -4.17. The van der Waals surface area contributed by atoms with E-state index in [9.17, 15) is 39.5 Å². The quantitative estimate of drug-likeness (QED) is 0.784. The fourth-order valence-corrected chi connectivity index (χ4v) is 1.10. The van der Waals surface area contributed by atoms with E-state index in [-0.39, 0.29) is 0 Å². The highest BCUT2D eigenvalue weighted by molar-refractivity contribution is 4.82. The van der Waals surface area contributed by atoms with Crippen molar-refractivity contribution in [1.82, 2.24) is 0 Å². The van der Waals surface area contributed by atoms with Gasteiger partial charge in [0.2, 0.25) is 0 Å². The van der Waals surface area contributed by atoms with Crippen molar-refractivity contribution >= 4 is 0 Å². The fourth-order valence-electron chi connectivity index (χ4n) is 1.10. The van der Waals surface area contributed by atoms with Crippen molar-refractivity contribution in [2.24, 2.45) is 5.92 Å². The molecule has 0 aliphatic carbocycles. The van der Waals surface area contributed by atoms with Gasteiger partial charge in [-0.2, -0.15) is 39.5 Å². The van der Waals surface area contributed by atoms with Crippen molar-refractivity contribution < 1.29 is 44.6 Å². The average molecular weight is 278 g/mol. The Hall–Kier alpha value is -0.670. The van der Waals surface area contributed by atoms with E-state index < -0.39 is 43.4 Å². The molecular weight excluding hydrogens is 271 g/mol. The molecular formula is C7H7F9O. The summed E-state index contributed by atoms with van der Waals surface area (Å²) in [6, 6.07) is 0. The van der Waals surface area contributed by atoms with Crippen molar-refractivity contribution in [2.45, 2.75) is 37.5 Å². The molecule has 0 aliphatic rings. The Bertz CT molecular complexity index is 223. The van der Waals surface area contributed by atoms with Crippen molar-refractivity contribution in [3.63, 3.8) is 0 Å². The predicted octanol–water partition coefficient (Wildman–Crippen LogP) is 3.43. The SMILES string of the molecule is OC(CCC(F)(F)F)C(C(F)(F)F)C(F)(F)F. The van der Waals surface area contributed by atoms with Crippen LogP contribution in [0.25, 0.3) is 0 Å². The van der Waals surface area contributed by atoms with Crippen molar-refractivity contribution in [3.8, 4) is 0 Å². The first-order chi connectivity index (χ1) is 7.25. The van der Waals surface area contributed by atoms with E-state index in [2.05, 4.69) is 0 Å². The molecule has 0 aliphatic heterocycles. The first-order valence-corrected chi connectivity index (χ1v) is 4.13. The summed E-state index contributed by atoms with van der Waals surface area (Å²) in [4.78, 5) is 0. The Morgan fingerprint density at radius 2 is 1.12 bits per heavy atom. The minimum absolute atomic E-state index is 1.66. The van der Waals surface area contributed by atoms with Crippen LogP contribution in [0.3, 0.4) is 0 Å². The molecule has 0 amide bonds. The van der Waals surface area contributed by atoms with E-state index in [1.807, 2.05) is 0 Å². The number of halogens is 9. The molecule has 0 radical (unpaired) electrons. The minimum atomic E-state index is -5.84. The van der Waals surface area contributed by atoms with Crippen LogP contribution in [-0.4, -0.2) is 29.7 Å². The molecule has 0 bridgehead atoms. The van der Waals surface area contributed by atoms with Gasteiger partial charge in [-0.05, 0) is 6.42 Å². The van der Waals surface area contributed by atoms with Crippen LogP contribution in [0.4, 0.5) is 39.5 Å². The maximum absolute atomic E-state index is 11.9. The first kappa shape index (κ1) is 16.3. The summed E-state index contributed by atoms with van der Waals surface area (Å²) in [6.07, 6.45) is -23.4. The van der Waals surface area contributed by atoms with Gasteiger partial charge in [0.15, 0.2) is 5.92 Å². The summed E-state index contributed by atoms with van der Waals surface area (Å²) >= 11 is 0. The Labute approximate surface area is 89.2 Å². The second-order valence-corrected chi connectivity index (χ2v) is 3.28. The maximum Gasteiger partial charge on any atom is 0.403 e. The molecule has 0 aromatic rings. The van der Waals surface area contributed by atoms with E-state index in [4.69, 9.17) is 5.11 Å². The van der Waals surface area contributed by atoms with Gasteiger partial charge in [0.05, 0.1) is 6.10 Å². The van der Waals surface area contributed by atoms with E-state index in [0.717, 1.165) is 0 Å². The molecule has 10 heteroatoms. The highest BCUT2D eigenvalue weighted by atomic mass is 19.4. The topological polar surface area (TPSA) is 20.2 Å². The van der Waals surface area contributed by atoms with Crippen molar-refractivity contribution in [2.75, 3.05) is 0 Å². The minimum Gasteiger partial charge on any atom is -0.392 e. The summed E-state index contributed by atoms with van der Waals surface area (Å²) in [5.41, 5.74) is 0. The molecule has 0 heterocycles. The van der Waals surface area contributed by atoms with E-state index in [1.54, 1.807) is 0 Å². The van der Waals surface area contributed by atoms with Gasteiger partial charge in [-0.3, -0.25) is 0 Å². The van der Waals surface area contributed by atoms with E-state index in [0.29, 0.717) is 0 Å². The van der Waals surface area contributed by atoms with Crippen LogP contribution in [0.5, 0.6) is 0 Å². The molecule has 0 rings (SSSR count). The van der Waals surface area contributed by atoms with Crippen LogP contribution in [-0.2, 0) is 0 Å². The molecule has 0 spiro atoms. The summed E-state index contributed by atoms with van der Waals surface area (Å²) in [5, 5.41) is 8.60. The molecule has 1 nitrogen and oxygen atoms in total. The Morgan fingerprint density at radius 1 is 0.765 bits per heavy atom. The van der Waals surface area contributed by atoms with Crippen molar-refractivity contribution in [1.29, 1.82) is 0 Å². The average Bonchev–Trinajstić information content (AvgIpc) is 1.93. The monoisotopic (exact) mass is 278 g/mol. The summed E-state index contributed by atoms with van der Waals surface area (Å²) < 4.78 is 106. The Morgan fingerprint density at radius 3 is 1.35 bits per heavy atom. The number of hydrogen-bond acceptors (Lipinski definition) is 1. The zero-order chi connectivity index (χ0) is 14.1. The van der Waals surface area contributed by atoms with Gasteiger partial charge in [0.1, 0.15) is 0 Å². The standard InChI is InChI=1S/C7H7F9O/c8-5(9,10)2-1-3(17)4(6(11,12)13)7(14,15)16/h3-4,17H,1-2H2. The highest BCUT2D eigenvalue weighted by Gasteiger charge is 2.60. The number of hydrogen-bond donors (Lipinski definition) is 1. The zero-order valence-electron chi connectivity index (χ0n) is 7.92. The second kappa shape index (κ2) is 4.91. The third-order valence-electron chi connectivity index (χ3n) is 1.81. The summed E-state index contributed by atoms with van der Waals surface area (Å²) in [7, 11) is 0. The largest absolute Gasteiger partial charge is 0.403 e. The summed E-state index contributed by atoms with van der Waals surface area (Å²) in [6.45, 7) is 0. The molecule has 17 heavy (non-hydrogen) atoms. The maximum atomic E-state index is 11.9. The highest BCUT2D eigenvalue weighted by Crippen LogP contribution is 2.42. The Kier molecular flexibility index (Phi) is 4.71. The number of rotatable bonds is 3. The molecule has 0 saturated heterocycles. The fraction of sp³-hybridized carbons (Fsp3) is 1.00. The number of aliphatic hydroxyl groups is 1. The normalized spacial score (nSPS) is 16.4. The van der Waals surface area contributed by atoms with Crippen LogP contribution < -0.4 is 0 Å². The van der Waals surface area contributed by atoms with Gasteiger partial charge in [-0.1, -0.05) is 0 Å². The lowest BCUT2D eigenvalue weighted by atomic mass is 9.97. The smallest absolute Gasteiger partial charge is 0.392 e. The molecule has 0 fully saturated rings. The second-order valence-electron chi connectivity index (χ2n) is 3.28. The van der Waals surface area contributed by atoms with E-state index >= 15 is 0 Å². The third kappa shape index (κ3) is 5.99. The third-order valence-corrected chi connectivity index (χ3v) is 1.81. The Balaban J connectivity index is 4.74. The molecule has 0 saturated carbocycles. The molecule has 0 aromatic carbocycles. The first-order valence-electron chi connectivity index (χ1n) is 4.13. The number of aliphatic hydroxyl groups excluding tert-OH is 1. The lowest BCUT2D eigenvalue weighted by Crippen LogP contribution is -2.45. The zero-order valence-corrected chi connectivity index (χ0v) is 7.92. The van der Waals surface area contributed by atoms with Gasteiger partial charge in [0.25, 0.3) is 0 Å². The van der Waals surface area contributed by atoms with Crippen LogP contribution in [0.15, 0.2) is 0 Å². The molecule has 1 N–H and O–H groups in total. The predicted molar refractivity (Wildman–Crippen MR) is 36.9 cm³/mol. The van der Waals surface area contributed by atoms with Gasteiger partial charge in [0, 0.05) is 6.42 Å². The number of alkyl halides is 9. The van der Waals surface area contributed by atoms with Gasteiger partial charge >= 0.3 is 18.5 Å². The van der Waals surface area contributed by atoms with Gasteiger partial charge in [-0.25, -0.2) is 0 Å². The van der Waals surface area contributed by atoms with Crippen LogP contribution in [0.1, 0.15) is 12.8 Å². The molecule has 0 aromatic heterocycles. The van der Waals surface area contributed by atoms with Crippen LogP contribution in [0.2, 0.25) is 0 Å².